The minimum atomic E-state index is -0.250. The molecule has 6 nitrogen and oxygen atoms in total. The van der Waals surface area contributed by atoms with E-state index in [1.165, 1.54) is 17.5 Å². The van der Waals surface area contributed by atoms with Gasteiger partial charge in [0.1, 0.15) is 12.4 Å². The van der Waals surface area contributed by atoms with Crippen molar-refractivity contribution < 1.29 is 23.8 Å². The monoisotopic (exact) mass is 490 g/mol. The number of benzene rings is 1. The Morgan fingerprint density at radius 1 is 1.19 bits per heavy atom. The van der Waals surface area contributed by atoms with Crippen molar-refractivity contribution in [3.05, 3.63) is 81.9 Å². The zero-order chi connectivity index (χ0) is 25.4. The second-order valence-electron chi connectivity index (χ2n) is 10.5. The number of hydrogen-bond acceptors (Lipinski definition) is 5. The standard InChI is InChI=1S/C28H29FN2O2.CH2O2/c1-28(2)7-6-19(20-5-4-8-30-27(20)32-3)22-11-18(25(29)13-24(22)28)15-33-26-12-17-9-16-10-21(16)23(17)14-31-26;2-1-3/h4-5,8,11-14,16,19,21H,6-7,9-10,15H2,1-3H3;1H,(H,2,3). The van der Waals surface area contributed by atoms with Crippen molar-refractivity contribution in [3.8, 4) is 11.8 Å². The number of halogens is 1. The predicted octanol–water partition coefficient (Wildman–Crippen LogP) is 5.77. The number of carbonyl (C=O) groups is 1. The molecular formula is C29H31FN2O4. The summed E-state index contributed by atoms with van der Waals surface area (Å²) in [5, 5.41) is 6.89. The number of nitrogens with zero attached hydrogens (tertiary/aromatic N) is 2. The third-order valence-electron chi connectivity index (χ3n) is 7.93. The molecule has 6 rings (SSSR count). The highest BCUT2D eigenvalue weighted by molar-refractivity contribution is 5.48. The maximum Gasteiger partial charge on any atom is 0.290 e. The van der Waals surface area contributed by atoms with Crippen LogP contribution in [0, 0.1) is 11.7 Å². The Balaban J connectivity index is 0.000000848. The van der Waals surface area contributed by atoms with Gasteiger partial charge in [0.2, 0.25) is 11.8 Å². The molecular weight excluding hydrogens is 459 g/mol. The topological polar surface area (TPSA) is 81.5 Å². The third kappa shape index (κ3) is 4.43. The van der Waals surface area contributed by atoms with Gasteiger partial charge in [-0.3, -0.25) is 4.79 Å². The quantitative estimate of drug-likeness (QED) is 0.458. The number of hydrogen-bond donors (Lipinski definition) is 1. The Hall–Kier alpha value is -3.48. The number of ether oxygens (including phenoxy) is 2. The van der Waals surface area contributed by atoms with E-state index in [1.807, 2.05) is 24.4 Å². The van der Waals surface area contributed by atoms with Crippen molar-refractivity contribution in [2.75, 3.05) is 7.11 Å². The summed E-state index contributed by atoms with van der Waals surface area (Å²) in [5.74, 6) is 2.63. The first-order valence-electron chi connectivity index (χ1n) is 12.4. The molecule has 0 radical (unpaired) electrons. The van der Waals surface area contributed by atoms with Crippen molar-refractivity contribution in [1.82, 2.24) is 9.97 Å². The fraction of sp³-hybridized carbons (Fsp3) is 0.414. The summed E-state index contributed by atoms with van der Waals surface area (Å²) in [6, 6.07) is 9.76. The van der Waals surface area contributed by atoms with Crippen LogP contribution in [-0.4, -0.2) is 28.7 Å². The molecule has 3 aliphatic carbocycles. The molecule has 1 saturated carbocycles. The van der Waals surface area contributed by atoms with Crippen LogP contribution in [0.3, 0.4) is 0 Å². The molecule has 0 bridgehead atoms. The Morgan fingerprint density at radius 2 is 2.00 bits per heavy atom. The Kier molecular flexibility index (Phi) is 6.41. The highest BCUT2D eigenvalue weighted by atomic mass is 19.1. The molecule has 3 unspecified atom stereocenters. The predicted molar refractivity (Wildman–Crippen MR) is 133 cm³/mol. The lowest BCUT2D eigenvalue weighted by molar-refractivity contribution is -0.122. The fourth-order valence-electron chi connectivity index (χ4n) is 5.94. The van der Waals surface area contributed by atoms with E-state index in [4.69, 9.17) is 19.4 Å². The SMILES string of the molecule is COc1ncccc1C1CCC(C)(C)c2cc(F)c(COc3cc4c(cn3)C3CC3C4)cc21.O=CO. The molecule has 1 N–H and O–H groups in total. The molecule has 3 atom stereocenters. The van der Waals surface area contributed by atoms with Crippen LogP contribution in [-0.2, 0) is 23.2 Å². The van der Waals surface area contributed by atoms with Gasteiger partial charge in [0, 0.05) is 35.5 Å². The van der Waals surface area contributed by atoms with Crippen LogP contribution in [0.2, 0.25) is 0 Å². The number of fused-ring (bicyclic) bond motifs is 4. The number of carboxylic acid groups (broad SMARTS) is 1. The highest BCUT2D eigenvalue weighted by Gasteiger charge is 2.45. The van der Waals surface area contributed by atoms with Gasteiger partial charge >= 0.3 is 0 Å². The maximum atomic E-state index is 15.2. The van der Waals surface area contributed by atoms with Gasteiger partial charge < -0.3 is 14.6 Å². The molecule has 2 aromatic heterocycles. The summed E-state index contributed by atoms with van der Waals surface area (Å²) >= 11 is 0. The zero-order valence-electron chi connectivity index (χ0n) is 20.8. The minimum absolute atomic E-state index is 0.0934. The number of methoxy groups -OCH3 is 1. The van der Waals surface area contributed by atoms with Crippen LogP contribution in [0.1, 0.15) is 78.3 Å². The van der Waals surface area contributed by atoms with Crippen molar-refractivity contribution in [3.63, 3.8) is 0 Å². The van der Waals surface area contributed by atoms with E-state index in [1.54, 1.807) is 19.4 Å². The minimum Gasteiger partial charge on any atom is -0.483 e. The largest absolute Gasteiger partial charge is 0.483 e. The Morgan fingerprint density at radius 3 is 2.78 bits per heavy atom. The van der Waals surface area contributed by atoms with Crippen molar-refractivity contribution in [2.24, 2.45) is 5.92 Å². The summed E-state index contributed by atoms with van der Waals surface area (Å²) in [6.45, 7) is 4.30. The Labute approximate surface area is 210 Å². The molecule has 3 aromatic rings. The third-order valence-corrected chi connectivity index (χ3v) is 7.93. The number of aromatic nitrogens is 2. The summed E-state index contributed by atoms with van der Waals surface area (Å²) < 4.78 is 26.8. The van der Waals surface area contributed by atoms with Crippen LogP contribution in [0.25, 0.3) is 0 Å². The summed E-state index contributed by atoms with van der Waals surface area (Å²) in [7, 11) is 1.65. The van der Waals surface area contributed by atoms with E-state index < -0.39 is 0 Å². The van der Waals surface area contributed by atoms with E-state index in [0.717, 1.165) is 41.9 Å². The van der Waals surface area contributed by atoms with Crippen molar-refractivity contribution in [2.45, 2.75) is 63.4 Å². The van der Waals surface area contributed by atoms with Gasteiger partial charge in [-0.2, -0.15) is 0 Å². The molecule has 1 aromatic carbocycles. The first-order chi connectivity index (χ1) is 17.4. The van der Waals surface area contributed by atoms with Gasteiger partial charge in [-0.1, -0.05) is 19.9 Å². The maximum absolute atomic E-state index is 15.2. The highest BCUT2D eigenvalue weighted by Crippen LogP contribution is 2.56. The molecule has 2 heterocycles. The summed E-state index contributed by atoms with van der Waals surface area (Å²) in [5.41, 5.74) is 6.43. The van der Waals surface area contributed by atoms with Gasteiger partial charge in [-0.25, -0.2) is 14.4 Å². The molecule has 36 heavy (non-hydrogen) atoms. The van der Waals surface area contributed by atoms with Gasteiger partial charge in [-0.15, -0.1) is 0 Å². The fourth-order valence-corrected chi connectivity index (χ4v) is 5.94. The van der Waals surface area contributed by atoms with Crippen LogP contribution in [0.4, 0.5) is 4.39 Å². The van der Waals surface area contributed by atoms with Gasteiger partial charge in [0.15, 0.2) is 0 Å². The molecule has 0 aliphatic heterocycles. The molecule has 1 fully saturated rings. The molecule has 0 saturated heterocycles. The van der Waals surface area contributed by atoms with Crippen LogP contribution in [0.5, 0.6) is 11.8 Å². The van der Waals surface area contributed by atoms with Gasteiger partial charge in [0.25, 0.3) is 6.47 Å². The van der Waals surface area contributed by atoms with Crippen LogP contribution >= 0.6 is 0 Å². The van der Waals surface area contributed by atoms with Crippen LogP contribution in [0.15, 0.2) is 42.7 Å². The van der Waals surface area contributed by atoms with E-state index in [9.17, 15) is 0 Å². The van der Waals surface area contributed by atoms with E-state index in [0.29, 0.717) is 23.2 Å². The van der Waals surface area contributed by atoms with E-state index >= 15 is 4.39 Å². The molecule has 3 aliphatic rings. The van der Waals surface area contributed by atoms with E-state index in [-0.39, 0.29) is 30.2 Å². The average molecular weight is 491 g/mol. The summed E-state index contributed by atoms with van der Waals surface area (Å²) in [4.78, 5) is 17.3. The molecule has 188 valence electrons. The number of pyridine rings is 2. The van der Waals surface area contributed by atoms with Gasteiger partial charge in [-0.05, 0) is 83.4 Å². The van der Waals surface area contributed by atoms with Gasteiger partial charge in [0.05, 0.1) is 7.11 Å². The average Bonchev–Trinajstić information content (AvgIpc) is 3.54. The molecule has 0 spiro atoms. The normalized spacial score (nSPS) is 22.3. The second-order valence-corrected chi connectivity index (χ2v) is 10.5. The first-order valence-corrected chi connectivity index (χ1v) is 12.4. The Bertz CT molecular complexity index is 1290. The number of rotatable bonds is 5. The lowest BCUT2D eigenvalue weighted by atomic mass is 9.67. The zero-order valence-corrected chi connectivity index (χ0v) is 20.8. The van der Waals surface area contributed by atoms with Crippen molar-refractivity contribution in [1.29, 1.82) is 0 Å². The van der Waals surface area contributed by atoms with Crippen molar-refractivity contribution >= 4 is 6.47 Å². The second kappa shape index (κ2) is 9.52. The lowest BCUT2D eigenvalue weighted by Gasteiger charge is -2.38. The molecule has 7 heteroatoms. The first kappa shape index (κ1) is 24.2. The van der Waals surface area contributed by atoms with E-state index in [2.05, 4.69) is 29.9 Å². The molecule has 0 amide bonds. The van der Waals surface area contributed by atoms with Crippen LogP contribution < -0.4 is 9.47 Å². The smallest absolute Gasteiger partial charge is 0.290 e. The lowest BCUT2D eigenvalue weighted by Crippen LogP contribution is -2.27. The summed E-state index contributed by atoms with van der Waals surface area (Å²) in [6.07, 6.45) is 8.05.